The van der Waals surface area contributed by atoms with E-state index in [1.165, 1.54) is 13.0 Å². The molecule has 0 spiro atoms. The van der Waals surface area contributed by atoms with Crippen molar-refractivity contribution in [2.45, 2.75) is 25.8 Å². The van der Waals surface area contributed by atoms with Crippen LogP contribution in [0.2, 0.25) is 0 Å². The molecule has 1 atom stereocenters. The Morgan fingerprint density at radius 3 is 3.00 bits per heavy atom. The van der Waals surface area contributed by atoms with Crippen LogP contribution < -0.4 is 0 Å². The van der Waals surface area contributed by atoms with Gasteiger partial charge in [-0.05, 0) is 32.6 Å². The molecule has 1 unspecified atom stereocenters. The number of rotatable bonds is 2. The minimum absolute atomic E-state index is 0.588. The van der Waals surface area contributed by atoms with Crippen molar-refractivity contribution in [1.29, 1.82) is 0 Å². The topological polar surface area (TPSA) is 15.6 Å². The van der Waals surface area contributed by atoms with Crippen molar-refractivity contribution in [1.82, 2.24) is 4.90 Å². The molecule has 10 heavy (non-hydrogen) atoms. The second-order valence-corrected chi connectivity index (χ2v) is 2.94. The van der Waals surface area contributed by atoms with Crippen LogP contribution in [-0.2, 0) is 0 Å². The molecule has 0 aromatic rings. The number of aliphatic imine (C=N–C) groups is 1. The molecule has 0 bridgehead atoms. The lowest BCUT2D eigenvalue weighted by molar-refractivity contribution is 0.412. The van der Waals surface area contributed by atoms with Crippen LogP contribution in [0.15, 0.2) is 4.99 Å². The smallest absolute Gasteiger partial charge is 0.0634 e. The van der Waals surface area contributed by atoms with Gasteiger partial charge in [-0.25, -0.2) is 0 Å². The minimum atomic E-state index is 0.588. The summed E-state index contributed by atoms with van der Waals surface area (Å²) in [4.78, 5) is 6.76. The molecule has 58 valence electrons. The first-order valence-electron chi connectivity index (χ1n) is 4.03. The van der Waals surface area contributed by atoms with Crippen molar-refractivity contribution in [3.05, 3.63) is 0 Å². The Balaban J connectivity index is 2.24. The molecule has 1 heterocycles. The van der Waals surface area contributed by atoms with E-state index in [1.54, 1.807) is 0 Å². The Morgan fingerprint density at radius 2 is 2.50 bits per heavy atom. The summed E-state index contributed by atoms with van der Waals surface area (Å²) in [6.07, 6.45) is 4.34. The molecule has 0 amide bonds. The van der Waals surface area contributed by atoms with Crippen molar-refractivity contribution in [2.75, 3.05) is 20.1 Å². The molecule has 1 fully saturated rings. The van der Waals surface area contributed by atoms with E-state index in [9.17, 15) is 0 Å². The van der Waals surface area contributed by atoms with Gasteiger partial charge in [-0.1, -0.05) is 6.92 Å². The van der Waals surface area contributed by atoms with Crippen LogP contribution in [0.3, 0.4) is 0 Å². The molecule has 2 heteroatoms. The predicted molar refractivity (Wildman–Crippen MR) is 44.7 cm³/mol. The molecule has 1 aliphatic rings. The molecule has 0 N–H and O–H groups in total. The van der Waals surface area contributed by atoms with Crippen molar-refractivity contribution >= 4 is 6.21 Å². The fourth-order valence-electron chi connectivity index (χ4n) is 1.29. The third-order valence-electron chi connectivity index (χ3n) is 1.87. The Hall–Kier alpha value is -0.370. The maximum Gasteiger partial charge on any atom is 0.0634 e. The Kier molecular flexibility index (Phi) is 2.87. The number of hydrogen-bond acceptors (Lipinski definition) is 2. The molecule has 1 aliphatic heterocycles. The highest BCUT2D eigenvalue weighted by atomic mass is 15.1. The number of likely N-dealkylation sites (tertiary alicyclic amines) is 1. The average Bonchev–Trinajstić information content (AvgIpc) is 2.31. The van der Waals surface area contributed by atoms with E-state index in [2.05, 4.69) is 23.9 Å². The van der Waals surface area contributed by atoms with Crippen LogP contribution in [-0.4, -0.2) is 37.3 Å². The van der Waals surface area contributed by atoms with Crippen LogP contribution in [0, 0.1) is 0 Å². The summed E-state index contributed by atoms with van der Waals surface area (Å²) in [5.74, 6) is 0. The highest BCUT2D eigenvalue weighted by Crippen LogP contribution is 2.09. The Morgan fingerprint density at radius 1 is 1.70 bits per heavy atom. The summed E-state index contributed by atoms with van der Waals surface area (Å²) in [6, 6.07) is 0.588. The zero-order chi connectivity index (χ0) is 7.40. The molecular formula is C8H16N2. The van der Waals surface area contributed by atoms with Crippen molar-refractivity contribution in [3.63, 3.8) is 0 Å². The molecule has 0 aromatic carbocycles. The van der Waals surface area contributed by atoms with Crippen LogP contribution in [0.1, 0.15) is 19.8 Å². The predicted octanol–water partition coefficient (Wildman–Crippen LogP) is 1.17. The lowest BCUT2D eigenvalue weighted by atomic mass is 10.3. The van der Waals surface area contributed by atoms with E-state index in [4.69, 9.17) is 0 Å². The highest BCUT2D eigenvalue weighted by Gasteiger charge is 2.16. The van der Waals surface area contributed by atoms with Gasteiger partial charge >= 0.3 is 0 Å². The van der Waals surface area contributed by atoms with E-state index < -0.39 is 0 Å². The number of likely N-dealkylation sites (N-methyl/N-ethyl adjacent to an activating group) is 1. The van der Waals surface area contributed by atoms with E-state index in [0.29, 0.717) is 6.04 Å². The second kappa shape index (κ2) is 3.71. The molecule has 0 aliphatic carbocycles. The summed E-state index contributed by atoms with van der Waals surface area (Å²) < 4.78 is 0. The first kappa shape index (κ1) is 7.73. The zero-order valence-electron chi connectivity index (χ0n) is 6.88. The Bertz CT molecular complexity index is 120. The first-order chi connectivity index (χ1) is 4.83. The van der Waals surface area contributed by atoms with Gasteiger partial charge in [0, 0.05) is 6.54 Å². The summed E-state index contributed by atoms with van der Waals surface area (Å²) in [5, 5.41) is 0. The SMILES string of the molecule is CCC=NC1CCN(C)C1. The monoisotopic (exact) mass is 140 g/mol. The van der Waals surface area contributed by atoms with Gasteiger partial charge in [0.25, 0.3) is 0 Å². The highest BCUT2D eigenvalue weighted by molar-refractivity contribution is 5.56. The zero-order valence-corrected chi connectivity index (χ0v) is 6.88. The van der Waals surface area contributed by atoms with Gasteiger partial charge in [0.1, 0.15) is 0 Å². The van der Waals surface area contributed by atoms with E-state index >= 15 is 0 Å². The molecule has 0 aromatic heterocycles. The van der Waals surface area contributed by atoms with Gasteiger partial charge in [-0.3, -0.25) is 4.99 Å². The maximum atomic E-state index is 4.43. The summed E-state index contributed by atoms with van der Waals surface area (Å²) in [5.41, 5.74) is 0. The molecule has 2 nitrogen and oxygen atoms in total. The number of nitrogens with zero attached hydrogens (tertiary/aromatic N) is 2. The number of hydrogen-bond donors (Lipinski definition) is 0. The van der Waals surface area contributed by atoms with Gasteiger partial charge in [0.2, 0.25) is 0 Å². The first-order valence-corrected chi connectivity index (χ1v) is 4.03. The van der Waals surface area contributed by atoms with Gasteiger partial charge < -0.3 is 4.90 Å². The van der Waals surface area contributed by atoms with Crippen LogP contribution in [0.4, 0.5) is 0 Å². The summed E-state index contributed by atoms with van der Waals surface area (Å²) in [7, 11) is 2.15. The van der Waals surface area contributed by atoms with E-state index in [1.807, 2.05) is 6.21 Å². The van der Waals surface area contributed by atoms with Crippen molar-refractivity contribution in [2.24, 2.45) is 4.99 Å². The lowest BCUT2D eigenvalue weighted by Gasteiger charge is -2.04. The molecule has 1 saturated heterocycles. The lowest BCUT2D eigenvalue weighted by Crippen LogP contribution is -2.15. The van der Waals surface area contributed by atoms with Crippen LogP contribution >= 0.6 is 0 Å². The fraction of sp³-hybridized carbons (Fsp3) is 0.875. The quantitative estimate of drug-likeness (QED) is 0.526. The average molecular weight is 140 g/mol. The van der Waals surface area contributed by atoms with Crippen molar-refractivity contribution < 1.29 is 0 Å². The third kappa shape index (κ3) is 2.10. The summed E-state index contributed by atoms with van der Waals surface area (Å²) >= 11 is 0. The van der Waals surface area contributed by atoms with Gasteiger partial charge in [0.15, 0.2) is 0 Å². The largest absolute Gasteiger partial charge is 0.304 e. The molecule has 0 radical (unpaired) electrons. The second-order valence-electron chi connectivity index (χ2n) is 2.94. The third-order valence-corrected chi connectivity index (χ3v) is 1.87. The van der Waals surface area contributed by atoms with Gasteiger partial charge in [-0.15, -0.1) is 0 Å². The fourth-order valence-corrected chi connectivity index (χ4v) is 1.29. The minimum Gasteiger partial charge on any atom is -0.304 e. The van der Waals surface area contributed by atoms with Gasteiger partial charge in [-0.2, -0.15) is 0 Å². The molecule has 1 rings (SSSR count). The van der Waals surface area contributed by atoms with Crippen LogP contribution in [0.5, 0.6) is 0 Å². The molecular weight excluding hydrogens is 124 g/mol. The Labute approximate surface area is 62.9 Å². The standard InChI is InChI=1S/C8H16N2/c1-3-5-9-8-4-6-10(2)7-8/h5,8H,3-4,6-7H2,1-2H3. The van der Waals surface area contributed by atoms with E-state index in [0.717, 1.165) is 13.0 Å². The van der Waals surface area contributed by atoms with Crippen molar-refractivity contribution in [3.8, 4) is 0 Å². The van der Waals surface area contributed by atoms with Gasteiger partial charge in [0.05, 0.1) is 6.04 Å². The van der Waals surface area contributed by atoms with E-state index in [-0.39, 0.29) is 0 Å². The maximum absolute atomic E-state index is 4.43. The normalized spacial score (nSPS) is 28.4. The molecule has 0 saturated carbocycles. The van der Waals surface area contributed by atoms with Crippen LogP contribution in [0.25, 0.3) is 0 Å². The summed E-state index contributed by atoms with van der Waals surface area (Å²) in [6.45, 7) is 4.49.